The predicted molar refractivity (Wildman–Crippen MR) is 64.2 cm³/mol. The highest BCUT2D eigenvalue weighted by Crippen LogP contribution is 2.40. The molecule has 1 aromatic heterocycles. The van der Waals surface area contributed by atoms with Gasteiger partial charge in [-0.25, -0.2) is 0 Å². The Balaban J connectivity index is 2.21. The Hall–Kier alpha value is -2.42. The highest BCUT2D eigenvalue weighted by molar-refractivity contribution is 5.89. The third kappa shape index (κ3) is 1.11. The van der Waals surface area contributed by atoms with Crippen LogP contribution < -0.4 is 0 Å². The molecule has 0 N–H and O–H groups in total. The molecule has 0 spiro atoms. The first-order chi connectivity index (χ1) is 8.43. The molecule has 3 heteroatoms. The van der Waals surface area contributed by atoms with Gasteiger partial charge in [0, 0.05) is 11.1 Å². The van der Waals surface area contributed by atoms with E-state index >= 15 is 0 Å². The van der Waals surface area contributed by atoms with Gasteiger partial charge in [-0.2, -0.15) is 0 Å². The standard InChI is InChI=1S/C14H8N2O/c1-3-7-11-9(5-1)10-6-2-4-8-12(10)14-16-15-13(11)17-14/h1-8H. The first-order valence-corrected chi connectivity index (χ1v) is 5.46. The molecule has 1 aliphatic heterocycles. The van der Waals surface area contributed by atoms with Crippen molar-refractivity contribution in [2.24, 2.45) is 0 Å². The molecule has 2 heterocycles. The van der Waals surface area contributed by atoms with Crippen molar-refractivity contribution in [3.05, 3.63) is 48.5 Å². The average molecular weight is 220 g/mol. The summed E-state index contributed by atoms with van der Waals surface area (Å²) >= 11 is 0. The lowest BCUT2D eigenvalue weighted by Gasteiger charge is -2.07. The molecule has 0 atom stereocenters. The monoisotopic (exact) mass is 220 g/mol. The molecule has 2 aromatic carbocycles. The Kier molecular flexibility index (Phi) is 1.56. The minimum Gasteiger partial charge on any atom is -0.416 e. The Labute approximate surface area is 97.7 Å². The van der Waals surface area contributed by atoms with Gasteiger partial charge in [0.25, 0.3) is 0 Å². The third-order valence-electron chi connectivity index (χ3n) is 3.03. The van der Waals surface area contributed by atoms with Crippen LogP contribution in [-0.4, -0.2) is 10.2 Å². The van der Waals surface area contributed by atoms with Crippen LogP contribution in [-0.2, 0) is 0 Å². The number of benzene rings is 2. The summed E-state index contributed by atoms with van der Waals surface area (Å²) in [5.41, 5.74) is 4.28. The molecule has 2 bridgehead atoms. The quantitative estimate of drug-likeness (QED) is 0.456. The number of hydrogen-bond donors (Lipinski definition) is 0. The van der Waals surface area contributed by atoms with Crippen molar-refractivity contribution in [1.29, 1.82) is 0 Å². The van der Waals surface area contributed by atoms with Crippen LogP contribution >= 0.6 is 0 Å². The van der Waals surface area contributed by atoms with Gasteiger partial charge in [0.15, 0.2) is 0 Å². The summed E-state index contributed by atoms with van der Waals surface area (Å²) < 4.78 is 5.68. The van der Waals surface area contributed by atoms with Gasteiger partial charge in [-0.1, -0.05) is 36.4 Å². The van der Waals surface area contributed by atoms with E-state index in [0.29, 0.717) is 11.8 Å². The van der Waals surface area contributed by atoms with Crippen LogP contribution in [0.5, 0.6) is 0 Å². The Morgan fingerprint density at radius 3 is 1.47 bits per heavy atom. The second kappa shape index (κ2) is 3.04. The minimum absolute atomic E-state index is 0.590. The molecule has 0 unspecified atom stereocenters. The van der Waals surface area contributed by atoms with E-state index in [4.69, 9.17) is 4.42 Å². The molecule has 3 aromatic rings. The van der Waals surface area contributed by atoms with Gasteiger partial charge in [0.2, 0.25) is 11.8 Å². The van der Waals surface area contributed by atoms with Gasteiger partial charge in [-0.15, -0.1) is 10.2 Å². The molecule has 3 nitrogen and oxygen atoms in total. The topological polar surface area (TPSA) is 38.9 Å². The van der Waals surface area contributed by atoms with Crippen molar-refractivity contribution in [3.63, 3.8) is 0 Å². The van der Waals surface area contributed by atoms with Gasteiger partial charge >= 0.3 is 0 Å². The molecular formula is C14H8N2O. The van der Waals surface area contributed by atoms with Crippen LogP contribution in [0.4, 0.5) is 0 Å². The lowest BCUT2D eigenvalue weighted by Crippen LogP contribution is -1.89. The Morgan fingerprint density at radius 1 is 0.588 bits per heavy atom. The first kappa shape index (κ1) is 8.70. The van der Waals surface area contributed by atoms with Crippen LogP contribution in [0.15, 0.2) is 52.9 Å². The van der Waals surface area contributed by atoms with E-state index < -0.39 is 0 Å². The lowest BCUT2D eigenvalue weighted by molar-refractivity contribution is 0.586. The minimum atomic E-state index is 0.590. The Morgan fingerprint density at radius 2 is 1.00 bits per heavy atom. The number of aromatic nitrogens is 2. The van der Waals surface area contributed by atoms with E-state index in [0.717, 1.165) is 22.3 Å². The molecule has 0 aliphatic carbocycles. The fraction of sp³-hybridized carbons (Fsp3) is 0. The molecule has 0 fully saturated rings. The summed E-state index contributed by atoms with van der Waals surface area (Å²) in [5.74, 6) is 1.18. The zero-order valence-electron chi connectivity index (χ0n) is 8.92. The molecule has 0 radical (unpaired) electrons. The van der Waals surface area contributed by atoms with Gasteiger partial charge in [0.05, 0.1) is 0 Å². The Bertz CT molecular complexity index is 656. The van der Waals surface area contributed by atoms with Crippen LogP contribution in [0.3, 0.4) is 0 Å². The summed E-state index contributed by atoms with van der Waals surface area (Å²) in [4.78, 5) is 0. The molecule has 4 rings (SSSR count). The molecule has 17 heavy (non-hydrogen) atoms. The SMILES string of the molecule is c1ccc2c(c1)-c1nnc(o1)-c1ccccc1-2. The largest absolute Gasteiger partial charge is 0.416 e. The summed E-state index contributed by atoms with van der Waals surface area (Å²) in [5, 5.41) is 8.16. The van der Waals surface area contributed by atoms with Crippen molar-refractivity contribution < 1.29 is 4.42 Å². The van der Waals surface area contributed by atoms with Crippen LogP contribution in [0.1, 0.15) is 0 Å². The summed E-state index contributed by atoms with van der Waals surface area (Å²) in [6.07, 6.45) is 0. The van der Waals surface area contributed by atoms with Crippen molar-refractivity contribution >= 4 is 0 Å². The zero-order valence-corrected chi connectivity index (χ0v) is 8.92. The summed E-state index contributed by atoms with van der Waals surface area (Å²) in [7, 11) is 0. The van der Waals surface area contributed by atoms with Crippen LogP contribution in [0.25, 0.3) is 34.0 Å². The van der Waals surface area contributed by atoms with E-state index in [9.17, 15) is 0 Å². The molecule has 0 amide bonds. The normalized spacial score (nSPS) is 11.5. The lowest BCUT2D eigenvalue weighted by atomic mass is 9.96. The van der Waals surface area contributed by atoms with Crippen molar-refractivity contribution in [1.82, 2.24) is 10.2 Å². The van der Waals surface area contributed by atoms with Gasteiger partial charge < -0.3 is 4.42 Å². The maximum Gasteiger partial charge on any atom is 0.248 e. The van der Waals surface area contributed by atoms with Gasteiger partial charge in [-0.05, 0) is 23.3 Å². The highest BCUT2D eigenvalue weighted by Gasteiger charge is 2.22. The zero-order chi connectivity index (χ0) is 11.2. The van der Waals surface area contributed by atoms with Crippen molar-refractivity contribution in [2.45, 2.75) is 0 Å². The number of nitrogens with zero attached hydrogens (tertiary/aromatic N) is 2. The maximum atomic E-state index is 5.68. The molecule has 80 valence electrons. The molecule has 0 saturated carbocycles. The third-order valence-corrected chi connectivity index (χ3v) is 3.03. The fourth-order valence-electron chi connectivity index (χ4n) is 2.25. The maximum absolute atomic E-state index is 5.68. The molecule has 0 saturated heterocycles. The second-order valence-electron chi connectivity index (χ2n) is 4.00. The van der Waals surface area contributed by atoms with Crippen molar-refractivity contribution in [2.75, 3.05) is 0 Å². The predicted octanol–water partition coefficient (Wildman–Crippen LogP) is 3.38. The average Bonchev–Trinajstić information content (AvgIpc) is 2.82. The van der Waals surface area contributed by atoms with E-state index in [2.05, 4.69) is 22.3 Å². The van der Waals surface area contributed by atoms with E-state index in [1.165, 1.54) is 0 Å². The van der Waals surface area contributed by atoms with E-state index in [1.807, 2.05) is 36.4 Å². The van der Waals surface area contributed by atoms with E-state index in [-0.39, 0.29) is 0 Å². The van der Waals surface area contributed by atoms with Crippen LogP contribution in [0.2, 0.25) is 0 Å². The number of fused-ring (bicyclic) bond motifs is 7. The fourth-order valence-corrected chi connectivity index (χ4v) is 2.25. The summed E-state index contributed by atoms with van der Waals surface area (Å²) in [6, 6.07) is 16.2. The van der Waals surface area contributed by atoms with Gasteiger partial charge in [0.1, 0.15) is 0 Å². The molecule has 1 aliphatic rings. The second-order valence-corrected chi connectivity index (χ2v) is 4.00. The smallest absolute Gasteiger partial charge is 0.248 e. The molecular weight excluding hydrogens is 212 g/mol. The summed E-state index contributed by atoms with van der Waals surface area (Å²) in [6.45, 7) is 0. The highest BCUT2D eigenvalue weighted by atomic mass is 16.4. The van der Waals surface area contributed by atoms with E-state index in [1.54, 1.807) is 0 Å². The number of hydrogen-bond acceptors (Lipinski definition) is 3. The van der Waals surface area contributed by atoms with Crippen LogP contribution in [0, 0.1) is 0 Å². The first-order valence-electron chi connectivity index (χ1n) is 5.46. The van der Waals surface area contributed by atoms with Crippen molar-refractivity contribution in [3.8, 4) is 34.0 Å². The van der Waals surface area contributed by atoms with Gasteiger partial charge in [-0.3, -0.25) is 0 Å². The number of rotatable bonds is 0.